The average Bonchev–Trinajstić information content (AvgIpc) is 2.73. The van der Waals surface area contributed by atoms with Gasteiger partial charge in [0, 0.05) is 56.5 Å². The van der Waals surface area contributed by atoms with Crippen LogP contribution in [0.3, 0.4) is 0 Å². The number of nitrogens with zero attached hydrogens (tertiary/aromatic N) is 4. The Labute approximate surface area is 170 Å². The summed E-state index contributed by atoms with van der Waals surface area (Å²) in [5, 5.41) is 10.3. The van der Waals surface area contributed by atoms with Crippen molar-refractivity contribution < 1.29 is 27.4 Å². The second-order valence-electron chi connectivity index (χ2n) is 6.96. The van der Waals surface area contributed by atoms with Gasteiger partial charge in [-0.3, -0.25) is 10.2 Å². The number of alkyl halides is 3. The van der Waals surface area contributed by atoms with Gasteiger partial charge in [-0.15, -0.1) is 18.3 Å². The van der Waals surface area contributed by atoms with E-state index in [0.717, 1.165) is 12.0 Å². The number of amides is 2. The second kappa shape index (κ2) is 8.34. The van der Waals surface area contributed by atoms with Crippen molar-refractivity contribution in [2.24, 2.45) is 0 Å². The summed E-state index contributed by atoms with van der Waals surface area (Å²) in [6.45, 7) is 2.72. The standard InChI is InChI=1S/C19H20F3N5O3/c20-19(21,22)30-13-3-4-14-15(5-11-29-16(14)12-13)26-7-9-27(10-8-26)18(28)24-17-2-1-6-23-25-17/h1-4,6,12,15H,5,7-11H2,(H,24,25,28). The number of anilines is 1. The van der Waals surface area contributed by atoms with Crippen LogP contribution in [0.25, 0.3) is 0 Å². The number of rotatable bonds is 3. The van der Waals surface area contributed by atoms with E-state index in [-0.39, 0.29) is 17.8 Å². The normalized spacial score (nSPS) is 19.6. The molecule has 3 heterocycles. The van der Waals surface area contributed by atoms with Crippen LogP contribution in [-0.2, 0) is 0 Å². The van der Waals surface area contributed by atoms with E-state index in [2.05, 4.69) is 25.2 Å². The van der Waals surface area contributed by atoms with Gasteiger partial charge >= 0.3 is 12.4 Å². The van der Waals surface area contributed by atoms with E-state index in [1.54, 1.807) is 23.1 Å². The number of piperazine rings is 1. The van der Waals surface area contributed by atoms with Gasteiger partial charge in [-0.1, -0.05) is 6.07 Å². The molecule has 11 heteroatoms. The van der Waals surface area contributed by atoms with Crippen molar-refractivity contribution in [3.63, 3.8) is 0 Å². The highest BCUT2D eigenvalue weighted by Crippen LogP contribution is 2.39. The molecule has 1 unspecified atom stereocenters. The number of benzene rings is 1. The van der Waals surface area contributed by atoms with Crippen molar-refractivity contribution in [1.82, 2.24) is 20.0 Å². The molecule has 1 aromatic heterocycles. The van der Waals surface area contributed by atoms with Crippen LogP contribution in [0.4, 0.5) is 23.8 Å². The van der Waals surface area contributed by atoms with E-state index in [4.69, 9.17) is 4.74 Å². The van der Waals surface area contributed by atoms with Crippen LogP contribution in [-0.4, -0.2) is 65.2 Å². The quantitative estimate of drug-likeness (QED) is 0.818. The number of nitrogens with one attached hydrogen (secondary N) is 1. The van der Waals surface area contributed by atoms with Crippen molar-refractivity contribution >= 4 is 11.8 Å². The van der Waals surface area contributed by atoms with Gasteiger partial charge < -0.3 is 14.4 Å². The van der Waals surface area contributed by atoms with Crippen LogP contribution in [0.1, 0.15) is 18.0 Å². The summed E-state index contributed by atoms with van der Waals surface area (Å²) in [6, 6.07) is 7.33. The molecular formula is C19H20F3N5O3. The van der Waals surface area contributed by atoms with Crippen LogP contribution >= 0.6 is 0 Å². The van der Waals surface area contributed by atoms with Gasteiger partial charge in [0.25, 0.3) is 0 Å². The van der Waals surface area contributed by atoms with E-state index >= 15 is 0 Å². The minimum absolute atomic E-state index is 0.0129. The van der Waals surface area contributed by atoms with Gasteiger partial charge in [-0.05, 0) is 18.2 Å². The topological polar surface area (TPSA) is 79.8 Å². The lowest BCUT2D eigenvalue weighted by molar-refractivity contribution is -0.274. The molecule has 1 saturated heterocycles. The zero-order valence-electron chi connectivity index (χ0n) is 15.9. The molecular weight excluding hydrogens is 403 g/mol. The van der Waals surface area contributed by atoms with E-state index in [9.17, 15) is 18.0 Å². The molecule has 2 amide bonds. The van der Waals surface area contributed by atoms with Crippen molar-refractivity contribution in [3.05, 3.63) is 42.1 Å². The molecule has 8 nitrogen and oxygen atoms in total. The fraction of sp³-hybridized carbons (Fsp3) is 0.421. The fourth-order valence-electron chi connectivity index (χ4n) is 3.72. The Morgan fingerprint density at radius 1 is 1.20 bits per heavy atom. The lowest BCUT2D eigenvalue weighted by atomic mass is 9.98. The molecule has 2 aliphatic heterocycles. The summed E-state index contributed by atoms with van der Waals surface area (Å²) < 4.78 is 46.9. The first-order chi connectivity index (χ1) is 14.4. The Kier molecular flexibility index (Phi) is 5.62. The maximum atomic E-state index is 12.5. The van der Waals surface area contributed by atoms with Crippen molar-refractivity contribution in [2.75, 3.05) is 38.1 Å². The molecule has 1 aromatic carbocycles. The molecule has 1 atom stereocenters. The molecule has 0 saturated carbocycles. The van der Waals surface area contributed by atoms with Crippen LogP contribution in [0.2, 0.25) is 0 Å². The Morgan fingerprint density at radius 2 is 2.00 bits per heavy atom. The van der Waals surface area contributed by atoms with Gasteiger partial charge in [-0.25, -0.2) is 4.79 Å². The van der Waals surface area contributed by atoms with Crippen LogP contribution in [0.5, 0.6) is 11.5 Å². The zero-order valence-corrected chi connectivity index (χ0v) is 15.9. The molecule has 2 aromatic rings. The predicted molar refractivity (Wildman–Crippen MR) is 100 cm³/mol. The molecule has 0 spiro atoms. The highest BCUT2D eigenvalue weighted by Gasteiger charge is 2.34. The molecule has 30 heavy (non-hydrogen) atoms. The highest BCUT2D eigenvalue weighted by atomic mass is 19.4. The molecule has 1 N–H and O–H groups in total. The third kappa shape index (κ3) is 4.73. The van der Waals surface area contributed by atoms with Gasteiger partial charge in [0.05, 0.1) is 6.61 Å². The fourth-order valence-corrected chi connectivity index (χ4v) is 3.72. The van der Waals surface area contributed by atoms with Crippen molar-refractivity contribution in [1.29, 1.82) is 0 Å². The van der Waals surface area contributed by atoms with Crippen LogP contribution in [0.15, 0.2) is 36.5 Å². The number of carbonyl (C=O) groups is 1. The number of carbonyl (C=O) groups excluding carboxylic acids is 1. The Bertz CT molecular complexity index is 889. The van der Waals surface area contributed by atoms with Crippen molar-refractivity contribution in [3.8, 4) is 11.5 Å². The summed E-state index contributed by atoms with van der Waals surface area (Å²) >= 11 is 0. The third-order valence-corrected chi connectivity index (χ3v) is 5.08. The van der Waals surface area contributed by atoms with Gasteiger partial charge in [0.2, 0.25) is 0 Å². The summed E-state index contributed by atoms with van der Waals surface area (Å²) in [5.74, 6) is 0.489. The van der Waals surface area contributed by atoms with Crippen LogP contribution < -0.4 is 14.8 Å². The maximum Gasteiger partial charge on any atom is 0.573 e. The Balaban J connectivity index is 1.38. The SMILES string of the molecule is O=C(Nc1cccnn1)N1CCN(C2CCOc3cc(OC(F)(F)F)ccc32)CC1. The first-order valence-corrected chi connectivity index (χ1v) is 9.49. The summed E-state index contributed by atoms with van der Waals surface area (Å²) in [5.41, 5.74) is 0.827. The minimum Gasteiger partial charge on any atom is -0.493 e. The predicted octanol–water partition coefficient (Wildman–Crippen LogP) is 3.05. The van der Waals surface area contributed by atoms with E-state index in [1.165, 1.54) is 18.3 Å². The van der Waals surface area contributed by atoms with Gasteiger partial charge in [0.1, 0.15) is 11.5 Å². The monoisotopic (exact) mass is 423 g/mol. The molecule has 1 fully saturated rings. The summed E-state index contributed by atoms with van der Waals surface area (Å²) in [7, 11) is 0. The molecule has 160 valence electrons. The number of fused-ring (bicyclic) bond motifs is 1. The highest BCUT2D eigenvalue weighted by molar-refractivity contribution is 5.88. The first kappa shape index (κ1) is 20.2. The number of aromatic nitrogens is 2. The lowest BCUT2D eigenvalue weighted by Gasteiger charge is -2.41. The largest absolute Gasteiger partial charge is 0.573 e. The van der Waals surface area contributed by atoms with Crippen molar-refractivity contribution in [2.45, 2.75) is 18.8 Å². The lowest BCUT2D eigenvalue weighted by Crippen LogP contribution is -2.51. The van der Waals surface area contributed by atoms with E-state index in [1.807, 2.05) is 0 Å². The number of hydrogen-bond donors (Lipinski definition) is 1. The Hall–Kier alpha value is -3.08. The number of halogens is 3. The molecule has 2 aliphatic rings. The smallest absolute Gasteiger partial charge is 0.493 e. The molecule has 0 aliphatic carbocycles. The second-order valence-corrected chi connectivity index (χ2v) is 6.96. The van der Waals surface area contributed by atoms with Crippen LogP contribution in [0, 0.1) is 0 Å². The minimum atomic E-state index is -4.75. The molecule has 0 radical (unpaired) electrons. The zero-order chi connectivity index (χ0) is 21.1. The number of ether oxygens (including phenoxy) is 2. The molecule has 0 bridgehead atoms. The summed E-state index contributed by atoms with van der Waals surface area (Å²) in [6.07, 6.45) is -2.50. The molecule has 4 rings (SSSR count). The maximum absolute atomic E-state index is 12.5. The summed E-state index contributed by atoms with van der Waals surface area (Å²) in [4.78, 5) is 16.3. The van der Waals surface area contributed by atoms with Gasteiger partial charge in [-0.2, -0.15) is 5.10 Å². The third-order valence-electron chi connectivity index (χ3n) is 5.08. The first-order valence-electron chi connectivity index (χ1n) is 9.49. The average molecular weight is 423 g/mol. The Morgan fingerprint density at radius 3 is 2.70 bits per heavy atom. The number of hydrogen-bond acceptors (Lipinski definition) is 6. The van der Waals surface area contributed by atoms with Gasteiger partial charge in [0.15, 0.2) is 5.82 Å². The van der Waals surface area contributed by atoms with E-state index < -0.39 is 6.36 Å². The number of urea groups is 1. The van der Waals surface area contributed by atoms with E-state index in [0.29, 0.717) is 44.4 Å².